The van der Waals surface area contributed by atoms with Crippen molar-refractivity contribution < 1.29 is 0 Å². The SMILES string of the molecule is CCCCCCCC(Cc1ccccc1Cl)NCC. The first kappa shape index (κ1) is 16.5. The smallest absolute Gasteiger partial charge is 0.0438 e. The summed E-state index contributed by atoms with van der Waals surface area (Å²) in [5, 5.41) is 4.49. The van der Waals surface area contributed by atoms with E-state index in [0.717, 1.165) is 18.0 Å². The Morgan fingerprint density at radius 2 is 1.79 bits per heavy atom. The molecule has 19 heavy (non-hydrogen) atoms. The van der Waals surface area contributed by atoms with E-state index < -0.39 is 0 Å². The Morgan fingerprint density at radius 3 is 2.47 bits per heavy atom. The van der Waals surface area contributed by atoms with Crippen molar-refractivity contribution in [2.45, 2.75) is 64.8 Å². The van der Waals surface area contributed by atoms with E-state index in [9.17, 15) is 0 Å². The lowest BCUT2D eigenvalue weighted by Crippen LogP contribution is -2.31. The lowest BCUT2D eigenvalue weighted by molar-refractivity contribution is 0.461. The summed E-state index contributed by atoms with van der Waals surface area (Å²) in [4.78, 5) is 0. The van der Waals surface area contributed by atoms with Gasteiger partial charge in [-0.15, -0.1) is 0 Å². The third-order valence-corrected chi connectivity index (χ3v) is 3.94. The van der Waals surface area contributed by atoms with Gasteiger partial charge >= 0.3 is 0 Å². The van der Waals surface area contributed by atoms with E-state index in [1.165, 1.54) is 44.1 Å². The van der Waals surface area contributed by atoms with Crippen LogP contribution in [0.2, 0.25) is 5.02 Å². The zero-order valence-corrected chi connectivity index (χ0v) is 13.2. The van der Waals surface area contributed by atoms with Gasteiger partial charge in [0.2, 0.25) is 0 Å². The highest BCUT2D eigenvalue weighted by Crippen LogP contribution is 2.18. The van der Waals surface area contributed by atoms with Gasteiger partial charge in [0.1, 0.15) is 0 Å². The van der Waals surface area contributed by atoms with Crippen LogP contribution in [0.15, 0.2) is 24.3 Å². The highest BCUT2D eigenvalue weighted by Gasteiger charge is 2.10. The van der Waals surface area contributed by atoms with Crippen molar-refractivity contribution in [3.05, 3.63) is 34.9 Å². The molecule has 0 aromatic heterocycles. The molecule has 0 spiro atoms. The second kappa shape index (κ2) is 10.3. The lowest BCUT2D eigenvalue weighted by Gasteiger charge is -2.18. The van der Waals surface area contributed by atoms with Crippen molar-refractivity contribution >= 4 is 11.6 Å². The molecule has 0 saturated heterocycles. The first-order valence-electron chi connectivity index (χ1n) is 7.74. The Labute approximate surface area is 123 Å². The van der Waals surface area contributed by atoms with Crippen molar-refractivity contribution in [1.29, 1.82) is 0 Å². The van der Waals surface area contributed by atoms with Gasteiger partial charge in [-0.1, -0.05) is 75.8 Å². The Morgan fingerprint density at radius 1 is 1.05 bits per heavy atom. The molecule has 1 aromatic carbocycles. The topological polar surface area (TPSA) is 12.0 Å². The van der Waals surface area contributed by atoms with E-state index in [0.29, 0.717) is 6.04 Å². The highest BCUT2D eigenvalue weighted by molar-refractivity contribution is 6.31. The molecule has 0 radical (unpaired) electrons. The molecule has 0 amide bonds. The number of halogens is 1. The summed E-state index contributed by atoms with van der Waals surface area (Å²) in [7, 11) is 0. The van der Waals surface area contributed by atoms with Crippen LogP contribution < -0.4 is 5.32 Å². The maximum Gasteiger partial charge on any atom is 0.0438 e. The molecule has 0 fully saturated rings. The van der Waals surface area contributed by atoms with E-state index in [2.05, 4.69) is 31.3 Å². The number of nitrogens with one attached hydrogen (secondary N) is 1. The van der Waals surface area contributed by atoms with Gasteiger partial charge in [0.25, 0.3) is 0 Å². The van der Waals surface area contributed by atoms with Gasteiger partial charge in [-0.3, -0.25) is 0 Å². The fraction of sp³-hybridized carbons (Fsp3) is 0.647. The van der Waals surface area contributed by atoms with Gasteiger partial charge < -0.3 is 5.32 Å². The molecule has 0 heterocycles. The molecular formula is C17H28ClN. The summed E-state index contributed by atoms with van der Waals surface area (Å²) in [6.45, 7) is 5.47. The highest BCUT2D eigenvalue weighted by atomic mass is 35.5. The number of benzene rings is 1. The van der Waals surface area contributed by atoms with E-state index in [1.54, 1.807) is 0 Å². The van der Waals surface area contributed by atoms with Crippen LogP contribution in [0.1, 0.15) is 57.9 Å². The number of likely N-dealkylation sites (N-methyl/N-ethyl adjacent to an activating group) is 1. The Kier molecular flexibility index (Phi) is 8.94. The van der Waals surface area contributed by atoms with E-state index in [-0.39, 0.29) is 0 Å². The summed E-state index contributed by atoms with van der Waals surface area (Å²) in [6.07, 6.45) is 9.04. The van der Waals surface area contributed by atoms with Crippen LogP contribution in [0.3, 0.4) is 0 Å². The fourth-order valence-electron chi connectivity index (χ4n) is 2.49. The normalized spacial score (nSPS) is 12.6. The molecule has 0 aliphatic heterocycles. The standard InChI is InChI=1S/C17H28ClN/c1-3-5-6-7-8-12-16(19-4-2)14-15-11-9-10-13-17(15)18/h9-11,13,16,19H,3-8,12,14H2,1-2H3. The minimum atomic E-state index is 0.562. The third kappa shape index (κ3) is 6.98. The van der Waals surface area contributed by atoms with E-state index >= 15 is 0 Å². The molecule has 2 heteroatoms. The second-order valence-electron chi connectivity index (χ2n) is 5.25. The predicted molar refractivity (Wildman–Crippen MR) is 86.0 cm³/mol. The molecule has 0 aliphatic rings. The van der Waals surface area contributed by atoms with Crippen molar-refractivity contribution in [3.8, 4) is 0 Å². The van der Waals surface area contributed by atoms with Crippen molar-refractivity contribution in [2.24, 2.45) is 0 Å². The number of unbranched alkanes of at least 4 members (excludes halogenated alkanes) is 4. The van der Waals surface area contributed by atoms with Gasteiger partial charge in [-0.25, -0.2) is 0 Å². The molecule has 1 rings (SSSR count). The maximum absolute atomic E-state index is 6.24. The van der Waals surface area contributed by atoms with Crippen LogP contribution in [0.5, 0.6) is 0 Å². The average molecular weight is 282 g/mol. The van der Waals surface area contributed by atoms with E-state index in [1.807, 2.05) is 12.1 Å². The molecule has 108 valence electrons. The zero-order valence-electron chi connectivity index (χ0n) is 12.4. The first-order chi connectivity index (χ1) is 9.27. The van der Waals surface area contributed by atoms with Gasteiger partial charge in [0.15, 0.2) is 0 Å². The van der Waals surface area contributed by atoms with Crippen molar-refractivity contribution in [1.82, 2.24) is 5.32 Å². The summed E-state index contributed by atoms with van der Waals surface area (Å²) in [5.41, 5.74) is 1.27. The summed E-state index contributed by atoms with van der Waals surface area (Å²) in [6, 6.07) is 8.77. The van der Waals surface area contributed by atoms with Crippen LogP contribution in [0.25, 0.3) is 0 Å². The molecule has 1 nitrogen and oxygen atoms in total. The molecular weight excluding hydrogens is 254 g/mol. The van der Waals surface area contributed by atoms with Crippen LogP contribution in [-0.2, 0) is 6.42 Å². The molecule has 1 N–H and O–H groups in total. The molecule has 0 aliphatic carbocycles. The fourth-order valence-corrected chi connectivity index (χ4v) is 2.70. The van der Waals surface area contributed by atoms with Crippen LogP contribution in [0, 0.1) is 0 Å². The minimum Gasteiger partial charge on any atom is -0.314 e. The van der Waals surface area contributed by atoms with Gasteiger partial charge in [-0.2, -0.15) is 0 Å². The molecule has 1 atom stereocenters. The third-order valence-electron chi connectivity index (χ3n) is 3.57. The van der Waals surface area contributed by atoms with Crippen LogP contribution in [-0.4, -0.2) is 12.6 Å². The zero-order chi connectivity index (χ0) is 13.9. The molecule has 1 unspecified atom stereocenters. The first-order valence-corrected chi connectivity index (χ1v) is 8.12. The summed E-state index contributed by atoms with van der Waals surface area (Å²) >= 11 is 6.24. The second-order valence-corrected chi connectivity index (χ2v) is 5.66. The lowest BCUT2D eigenvalue weighted by atomic mass is 9.99. The van der Waals surface area contributed by atoms with Crippen LogP contribution >= 0.6 is 11.6 Å². The number of rotatable bonds is 10. The average Bonchev–Trinajstić information content (AvgIpc) is 2.41. The maximum atomic E-state index is 6.24. The molecule has 1 aromatic rings. The largest absolute Gasteiger partial charge is 0.314 e. The van der Waals surface area contributed by atoms with E-state index in [4.69, 9.17) is 11.6 Å². The van der Waals surface area contributed by atoms with Crippen LogP contribution in [0.4, 0.5) is 0 Å². The molecule has 0 saturated carbocycles. The monoisotopic (exact) mass is 281 g/mol. The number of hydrogen-bond acceptors (Lipinski definition) is 1. The summed E-state index contributed by atoms with van der Waals surface area (Å²) in [5.74, 6) is 0. The predicted octanol–water partition coefficient (Wildman–Crippen LogP) is 5.22. The quantitative estimate of drug-likeness (QED) is 0.580. The number of hydrogen-bond donors (Lipinski definition) is 1. The Bertz CT molecular complexity index is 338. The van der Waals surface area contributed by atoms with Crippen molar-refractivity contribution in [2.75, 3.05) is 6.54 Å². The Hall–Kier alpha value is -0.530. The van der Waals surface area contributed by atoms with Crippen molar-refractivity contribution in [3.63, 3.8) is 0 Å². The van der Waals surface area contributed by atoms with Gasteiger partial charge in [-0.05, 0) is 31.0 Å². The summed E-state index contributed by atoms with van der Waals surface area (Å²) < 4.78 is 0. The van der Waals surface area contributed by atoms with Gasteiger partial charge in [0, 0.05) is 11.1 Å². The Balaban J connectivity index is 2.37. The molecule has 0 bridgehead atoms. The minimum absolute atomic E-state index is 0.562. The van der Waals surface area contributed by atoms with Gasteiger partial charge in [0.05, 0.1) is 0 Å².